The minimum absolute atomic E-state index is 0.208. The SMILES string of the molecule is CCOC(=O)c1cc(Cn2ccnc2)cc(Cn2cc(C3c4ccc(CC)cc4C=Cc4oc(C)nc43)c(=S)[nH]c2=O)c1. The number of nitrogens with zero attached hydrogens (tertiary/aromatic N) is 4. The standard InChI is InChI=1S/C33H31N5O4S/c1-4-21-6-8-26-24(13-21)7-9-28-30(35-20(3)42-28)29(26)27-18-38(33(40)36-31(27)43)17-23-12-22(16-37-11-10-34-19-37)14-25(15-23)32(39)41-5-2/h6-15,18-19,29H,4-5,16-17H2,1-3H3,(H,36,40,43). The van der Waals surface area contributed by atoms with Gasteiger partial charge in [0, 0.05) is 37.6 Å². The van der Waals surface area contributed by atoms with Gasteiger partial charge in [-0.05, 0) is 59.4 Å². The third-order valence-corrected chi connectivity index (χ3v) is 7.87. The van der Waals surface area contributed by atoms with Gasteiger partial charge in [0.25, 0.3) is 0 Å². The van der Waals surface area contributed by atoms with E-state index in [0.29, 0.717) is 28.4 Å². The van der Waals surface area contributed by atoms with E-state index in [9.17, 15) is 9.59 Å². The van der Waals surface area contributed by atoms with Crippen molar-refractivity contribution in [3.05, 3.63) is 133 Å². The molecule has 43 heavy (non-hydrogen) atoms. The first-order valence-corrected chi connectivity index (χ1v) is 14.6. The van der Waals surface area contributed by atoms with Gasteiger partial charge in [-0.25, -0.2) is 19.6 Å². The molecule has 1 aliphatic carbocycles. The lowest BCUT2D eigenvalue weighted by molar-refractivity contribution is 0.0526. The Hall–Kier alpha value is -4.83. The number of esters is 1. The molecule has 2 aromatic carbocycles. The fraction of sp³-hybridized carbons (Fsp3) is 0.242. The van der Waals surface area contributed by atoms with Gasteiger partial charge >= 0.3 is 11.7 Å². The van der Waals surface area contributed by atoms with E-state index in [2.05, 4.69) is 35.1 Å². The second kappa shape index (κ2) is 11.8. The van der Waals surface area contributed by atoms with Crippen LogP contribution in [0.5, 0.6) is 0 Å². The van der Waals surface area contributed by atoms with Gasteiger partial charge in [-0.15, -0.1) is 0 Å². The first-order chi connectivity index (χ1) is 20.8. The summed E-state index contributed by atoms with van der Waals surface area (Å²) in [7, 11) is 0. The number of imidazole rings is 1. The molecule has 0 saturated heterocycles. The first-order valence-electron chi connectivity index (χ1n) is 14.2. The second-order valence-electron chi connectivity index (χ2n) is 10.5. The lowest BCUT2D eigenvalue weighted by Crippen LogP contribution is -2.25. The zero-order valence-corrected chi connectivity index (χ0v) is 25.0. The van der Waals surface area contributed by atoms with Crippen LogP contribution in [0.25, 0.3) is 12.2 Å². The molecule has 218 valence electrons. The number of H-pyrrole nitrogens is 1. The number of oxazole rings is 1. The maximum Gasteiger partial charge on any atom is 0.338 e. The Bertz CT molecular complexity index is 1970. The van der Waals surface area contributed by atoms with Crippen LogP contribution in [0.15, 0.2) is 70.5 Å². The summed E-state index contributed by atoms with van der Waals surface area (Å²) in [6.07, 6.45) is 12.0. The Kier molecular flexibility index (Phi) is 7.77. The van der Waals surface area contributed by atoms with Crippen LogP contribution in [0.4, 0.5) is 0 Å². The third kappa shape index (κ3) is 5.78. The van der Waals surface area contributed by atoms with Gasteiger partial charge in [-0.3, -0.25) is 9.55 Å². The van der Waals surface area contributed by atoms with Crippen molar-refractivity contribution in [2.75, 3.05) is 6.61 Å². The van der Waals surface area contributed by atoms with Gasteiger partial charge in [-0.1, -0.05) is 49.5 Å². The number of rotatable bonds is 8. The molecule has 1 unspecified atom stereocenters. The summed E-state index contributed by atoms with van der Waals surface area (Å²) in [6.45, 7) is 6.70. The number of carbonyl (C=O) groups excluding carboxylic acids is 1. The quantitative estimate of drug-likeness (QED) is 0.173. The molecule has 0 spiro atoms. The van der Waals surface area contributed by atoms with Crippen molar-refractivity contribution in [1.29, 1.82) is 0 Å². The van der Waals surface area contributed by atoms with Crippen LogP contribution in [0.3, 0.4) is 0 Å². The Morgan fingerprint density at radius 3 is 2.63 bits per heavy atom. The fourth-order valence-corrected chi connectivity index (χ4v) is 5.84. The fourth-order valence-electron chi connectivity index (χ4n) is 5.58. The second-order valence-corrected chi connectivity index (χ2v) is 10.9. The Labute approximate surface area is 253 Å². The summed E-state index contributed by atoms with van der Waals surface area (Å²) in [5.74, 6) is 0.439. The largest absolute Gasteiger partial charge is 0.462 e. The molecule has 3 aromatic heterocycles. The topological polar surface area (TPSA) is 108 Å². The smallest absolute Gasteiger partial charge is 0.338 e. The van der Waals surface area contributed by atoms with Crippen LogP contribution < -0.4 is 5.69 Å². The summed E-state index contributed by atoms with van der Waals surface area (Å²) in [5, 5.41) is 0. The number of ether oxygens (including phenoxy) is 1. The number of aryl methyl sites for hydroxylation is 2. The number of nitrogens with one attached hydrogen (secondary N) is 1. The van der Waals surface area contributed by atoms with E-state index in [1.807, 2.05) is 42.0 Å². The van der Waals surface area contributed by atoms with Gasteiger partial charge < -0.3 is 13.7 Å². The molecule has 0 fully saturated rings. The molecule has 5 aromatic rings. The van der Waals surface area contributed by atoms with Crippen molar-refractivity contribution >= 4 is 30.3 Å². The highest BCUT2D eigenvalue weighted by Crippen LogP contribution is 2.39. The van der Waals surface area contributed by atoms with E-state index in [-0.39, 0.29) is 24.8 Å². The minimum atomic E-state index is -0.417. The summed E-state index contributed by atoms with van der Waals surface area (Å²) < 4.78 is 15.1. The van der Waals surface area contributed by atoms with E-state index < -0.39 is 5.97 Å². The maximum atomic E-state index is 13.3. The summed E-state index contributed by atoms with van der Waals surface area (Å²) in [6, 6.07) is 11.9. The molecule has 6 rings (SSSR count). The number of hydrogen-bond acceptors (Lipinski definition) is 7. The van der Waals surface area contributed by atoms with Crippen LogP contribution in [0.2, 0.25) is 0 Å². The highest BCUT2D eigenvalue weighted by atomic mass is 32.1. The van der Waals surface area contributed by atoms with E-state index in [4.69, 9.17) is 26.4 Å². The molecule has 9 nitrogen and oxygen atoms in total. The molecule has 1 N–H and O–H groups in total. The summed E-state index contributed by atoms with van der Waals surface area (Å²) in [4.78, 5) is 37.8. The van der Waals surface area contributed by atoms with E-state index in [0.717, 1.165) is 39.9 Å². The number of carbonyl (C=O) groups is 1. The molecule has 0 saturated carbocycles. The number of hydrogen-bond donors (Lipinski definition) is 1. The predicted molar refractivity (Wildman–Crippen MR) is 166 cm³/mol. The molecule has 0 bridgehead atoms. The van der Waals surface area contributed by atoms with Gasteiger partial charge in [0.15, 0.2) is 11.7 Å². The van der Waals surface area contributed by atoms with Gasteiger partial charge in [0.2, 0.25) is 0 Å². The number of aromatic amines is 1. The van der Waals surface area contributed by atoms with Crippen molar-refractivity contribution in [3.63, 3.8) is 0 Å². The zero-order chi connectivity index (χ0) is 30.1. The van der Waals surface area contributed by atoms with E-state index in [1.165, 1.54) is 5.56 Å². The van der Waals surface area contributed by atoms with Crippen molar-refractivity contribution in [3.8, 4) is 0 Å². The lowest BCUT2D eigenvalue weighted by Gasteiger charge is -2.20. The van der Waals surface area contributed by atoms with Crippen LogP contribution in [0.1, 0.15) is 80.8 Å². The molecule has 0 aliphatic heterocycles. The highest BCUT2D eigenvalue weighted by Gasteiger charge is 2.29. The first kappa shape index (κ1) is 28.3. The van der Waals surface area contributed by atoms with Gasteiger partial charge in [0.05, 0.1) is 36.7 Å². The van der Waals surface area contributed by atoms with Crippen LogP contribution in [0, 0.1) is 11.6 Å². The molecule has 0 amide bonds. The molecule has 10 heteroatoms. The van der Waals surface area contributed by atoms with Gasteiger partial charge in [0.1, 0.15) is 4.64 Å². The monoisotopic (exact) mass is 593 g/mol. The summed E-state index contributed by atoms with van der Waals surface area (Å²) in [5.41, 5.74) is 6.49. The lowest BCUT2D eigenvalue weighted by atomic mass is 9.86. The van der Waals surface area contributed by atoms with Crippen LogP contribution in [-0.2, 0) is 24.2 Å². The highest BCUT2D eigenvalue weighted by molar-refractivity contribution is 7.71. The minimum Gasteiger partial charge on any atom is -0.462 e. The Morgan fingerprint density at radius 2 is 1.88 bits per heavy atom. The molecular weight excluding hydrogens is 562 g/mol. The average Bonchev–Trinajstić information content (AvgIpc) is 3.60. The van der Waals surface area contributed by atoms with Crippen molar-refractivity contribution < 1.29 is 13.9 Å². The maximum absolute atomic E-state index is 13.3. The normalized spacial score (nSPS) is 13.8. The van der Waals surface area contributed by atoms with Crippen molar-refractivity contribution in [2.24, 2.45) is 0 Å². The third-order valence-electron chi connectivity index (χ3n) is 7.54. The number of fused-ring (bicyclic) bond motifs is 2. The van der Waals surface area contributed by atoms with Crippen LogP contribution >= 0.6 is 12.2 Å². The number of benzene rings is 2. The van der Waals surface area contributed by atoms with Crippen LogP contribution in [-0.4, -0.2) is 36.7 Å². The predicted octanol–water partition coefficient (Wildman–Crippen LogP) is 5.90. The van der Waals surface area contributed by atoms with E-state index in [1.54, 1.807) is 36.3 Å². The number of aromatic nitrogens is 5. The molecular formula is C33H31N5O4S. The summed E-state index contributed by atoms with van der Waals surface area (Å²) >= 11 is 5.75. The molecule has 3 heterocycles. The zero-order valence-electron chi connectivity index (χ0n) is 24.2. The average molecular weight is 594 g/mol. The van der Waals surface area contributed by atoms with Gasteiger partial charge in [-0.2, -0.15) is 0 Å². The molecule has 0 radical (unpaired) electrons. The molecule has 1 atom stereocenters. The van der Waals surface area contributed by atoms with Crippen molar-refractivity contribution in [2.45, 2.75) is 46.2 Å². The van der Waals surface area contributed by atoms with Crippen molar-refractivity contribution in [1.82, 2.24) is 24.1 Å². The Morgan fingerprint density at radius 1 is 1.07 bits per heavy atom. The Balaban J connectivity index is 1.45. The molecule has 1 aliphatic rings. The van der Waals surface area contributed by atoms with E-state index >= 15 is 0 Å².